The number of allylic oxidation sites excluding steroid dienone is 2. The smallest absolute Gasteiger partial charge is 0.328 e. The first-order valence-corrected chi connectivity index (χ1v) is 11.8. The lowest BCUT2D eigenvalue weighted by Gasteiger charge is -2.29. The first-order valence-electron chi connectivity index (χ1n) is 11.8. The molecule has 2 aromatic carbocycles. The number of hydrogen-bond acceptors (Lipinski definition) is 6. The molecule has 0 unspecified atom stereocenters. The van der Waals surface area contributed by atoms with Crippen molar-refractivity contribution in [2.75, 3.05) is 20.8 Å². The maximum atomic E-state index is 13.4. The van der Waals surface area contributed by atoms with Gasteiger partial charge in [-0.25, -0.2) is 4.79 Å². The molecule has 4 rings (SSSR count). The number of rotatable bonds is 4. The van der Waals surface area contributed by atoms with Crippen LogP contribution in [0.3, 0.4) is 0 Å². The number of amides is 1. The van der Waals surface area contributed by atoms with E-state index in [0.717, 1.165) is 36.1 Å². The third-order valence-corrected chi connectivity index (χ3v) is 5.85. The molecule has 0 saturated heterocycles. The predicted octanol–water partition coefficient (Wildman–Crippen LogP) is 4.76. The van der Waals surface area contributed by atoms with Gasteiger partial charge in [-0.3, -0.25) is 4.79 Å². The zero-order chi connectivity index (χ0) is 25.0. The van der Waals surface area contributed by atoms with Crippen molar-refractivity contribution in [1.82, 2.24) is 4.90 Å². The minimum atomic E-state index is -0.882. The van der Waals surface area contributed by atoms with Crippen LogP contribution in [0, 0.1) is 0 Å². The molecule has 35 heavy (non-hydrogen) atoms. The molecule has 2 aliphatic heterocycles. The number of benzene rings is 2. The molecule has 2 bridgehead atoms. The van der Waals surface area contributed by atoms with Gasteiger partial charge in [-0.05, 0) is 54.7 Å². The summed E-state index contributed by atoms with van der Waals surface area (Å²) in [7, 11) is 2.89. The Hall–Kier alpha value is -3.74. The average molecular weight is 480 g/mol. The van der Waals surface area contributed by atoms with E-state index in [4.69, 9.17) is 14.2 Å². The summed E-state index contributed by atoms with van der Waals surface area (Å²) in [6.07, 6.45) is 8.35. The second-order valence-electron chi connectivity index (χ2n) is 8.37. The van der Waals surface area contributed by atoms with Gasteiger partial charge in [0.05, 0.1) is 20.0 Å². The largest absolute Gasteiger partial charge is 0.512 e. The van der Waals surface area contributed by atoms with Crippen LogP contribution in [0.15, 0.2) is 72.5 Å². The molecule has 0 radical (unpaired) electrons. The number of nitrogens with zero attached hydrogens (tertiary/aromatic N) is 1. The van der Waals surface area contributed by atoms with Crippen molar-refractivity contribution in [3.8, 4) is 11.5 Å². The van der Waals surface area contributed by atoms with Gasteiger partial charge >= 0.3 is 5.97 Å². The molecular weight excluding hydrogens is 446 g/mol. The maximum absolute atomic E-state index is 13.4. The standard InChI is InChI=1S/C28H33NO6/c1-33-24-13-11-22(12-14-24)20-29-26(28(32)34-2)18-21-9-15-25(16-10-21)35-17-7-5-3-4-6-8-23(30)19-27(29)31/h5,7,9-16,19,26,30H,3-4,6,8,17-18,20H2,1-2H3/b7-5-,23-19+/t26-/m0/s1. The number of ether oxygens (including phenoxy) is 3. The highest BCUT2D eigenvalue weighted by atomic mass is 16.5. The Balaban J connectivity index is 1.96. The zero-order valence-corrected chi connectivity index (χ0v) is 20.3. The molecule has 2 heterocycles. The highest BCUT2D eigenvalue weighted by Gasteiger charge is 2.30. The van der Waals surface area contributed by atoms with Gasteiger partial charge in [0, 0.05) is 25.5 Å². The van der Waals surface area contributed by atoms with Crippen molar-refractivity contribution in [1.29, 1.82) is 0 Å². The van der Waals surface area contributed by atoms with Crippen LogP contribution < -0.4 is 9.47 Å². The summed E-state index contributed by atoms with van der Waals surface area (Å²) in [6.45, 7) is 0.637. The van der Waals surface area contributed by atoms with E-state index in [0.29, 0.717) is 18.8 Å². The first-order chi connectivity index (χ1) is 17.0. The van der Waals surface area contributed by atoms with Crippen molar-refractivity contribution < 1.29 is 28.9 Å². The molecule has 1 atom stereocenters. The van der Waals surface area contributed by atoms with Crippen molar-refractivity contribution >= 4 is 11.9 Å². The number of aliphatic hydroxyl groups excluding tert-OH is 1. The predicted molar refractivity (Wildman–Crippen MR) is 133 cm³/mol. The lowest BCUT2D eigenvalue weighted by Crippen LogP contribution is -2.46. The molecule has 0 saturated carbocycles. The van der Waals surface area contributed by atoms with Crippen LogP contribution in [0.4, 0.5) is 0 Å². The van der Waals surface area contributed by atoms with Gasteiger partial charge < -0.3 is 24.2 Å². The van der Waals surface area contributed by atoms with Crippen molar-refractivity contribution in [3.63, 3.8) is 0 Å². The van der Waals surface area contributed by atoms with Crippen molar-refractivity contribution in [2.24, 2.45) is 0 Å². The monoisotopic (exact) mass is 479 g/mol. The molecule has 1 amide bonds. The summed E-state index contributed by atoms with van der Waals surface area (Å²) in [5, 5.41) is 10.4. The molecule has 7 nitrogen and oxygen atoms in total. The molecule has 1 N–H and O–H groups in total. The van der Waals surface area contributed by atoms with Crippen LogP contribution in [0.2, 0.25) is 0 Å². The normalized spacial score (nSPS) is 20.1. The van der Waals surface area contributed by atoms with Crippen molar-refractivity contribution in [3.05, 3.63) is 83.6 Å². The van der Waals surface area contributed by atoms with Crippen molar-refractivity contribution in [2.45, 2.75) is 44.7 Å². The van der Waals surface area contributed by atoms with Gasteiger partial charge in [-0.1, -0.05) is 36.4 Å². The molecule has 7 heteroatoms. The average Bonchev–Trinajstić information content (AvgIpc) is 2.87. The van der Waals surface area contributed by atoms with E-state index in [1.807, 2.05) is 42.5 Å². The van der Waals surface area contributed by atoms with E-state index in [1.165, 1.54) is 18.1 Å². The molecule has 0 fully saturated rings. The maximum Gasteiger partial charge on any atom is 0.328 e. The summed E-state index contributed by atoms with van der Waals surface area (Å²) < 4.78 is 16.0. The number of carbonyl (C=O) groups excluding carboxylic acids is 2. The molecule has 2 aliphatic rings. The fraction of sp³-hybridized carbons (Fsp3) is 0.357. The third-order valence-electron chi connectivity index (χ3n) is 5.85. The number of aliphatic hydroxyl groups is 1. The fourth-order valence-electron chi connectivity index (χ4n) is 3.87. The lowest BCUT2D eigenvalue weighted by molar-refractivity contribution is -0.151. The fourth-order valence-corrected chi connectivity index (χ4v) is 3.87. The minimum Gasteiger partial charge on any atom is -0.512 e. The minimum absolute atomic E-state index is 0.00358. The van der Waals surface area contributed by atoms with E-state index >= 15 is 0 Å². The number of hydrogen-bond donors (Lipinski definition) is 1. The van der Waals surface area contributed by atoms with Gasteiger partial charge in [-0.15, -0.1) is 0 Å². The number of fused-ring (bicyclic) bond motifs is 13. The van der Waals surface area contributed by atoms with Gasteiger partial charge in [0.15, 0.2) is 0 Å². The topological polar surface area (TPSA) is 85.3 Å². The number of carbonyl (C=O) groups is 2. The summed E-state index contributed by atoms with van der Waals surface area (Å²) in [5.41, 5.74) is 1.67. The number of esters is 1. The second kappa shape index (κ2) is 13.2. The van der Waals surface area contributed by atoms with Crippen LogP contribution in [0.5, 0.6) is 11.5 Å². The Kier molecular flexibility index (Phi) is 9.78. The van der Waals surface area contributed by atoms with E-state index in [2.05, 4.69) is 6.08 Å². The Morgan fingerprint density at radius 3 is 2.49 bits per heavy atom. The zero-order valence-electron chi connectivity index (χ0n) is 20.3. The molecule has 2 aromatic rings. The lowest BCUT2D eigenvalue weighted by atomic mass is 10.0. The molecule has 0 aromatic heterocycles. The first kappa shape index (κ1) is 25.9. The van der Waals surface area contributed by atoms with E-state index in [-0.39, 0.29) is 18.7 Å². The van der Waals surface area contributed by atoms with Gasteiger partial charge in [0.1, 0.15) is 24.1 Å². The second-order valence-corrected chi connectivity index (χ2v) is 8.37. The summed E-state index contributed by atoms with van der Waals surface area (Å²) in [5.74, 6) is 0.442. The third kappa shape index (κ3) is 7.91. The Labute approximate surface area is 206 Å². The van der Waals surface area contributed by atoms with Crippen LogP contribution in [0.25, 0.3) is 0 Å². The van der Waals surface area contributed by atoms with Gasteiger partial charge in [-0.2, -0.15) is 0 Å². The number of methoxy groups -OCH3 is 2. The highest BCUT2D eigenvalue weighted by molar-refractivity contribution is 5.92. The molecular formula is C28H33NO6. The molecule has 0 aliphatic carbocycles. The Morgan fingerprint density at radius 2 is 1.80 bits per heavy atom. The van der Waals surface area contributed by atoms with Crippen LogP contribution in [-0.2, 0) is 27.3 Å². The Morgan fingerprint density at radius 1 is 1.06 bits per heavy atom. The molecule has 186 valence electrons. The van der Waals surface area contributed by atoms with Crippen LogP contribution in [-0.4, -0.2) is 48.8 Å². The van der Waals surface area contributed by atoms with Crippen LogP contribution in [0.1, 0.15) is 36.8 Å². The van der Waals surface area contributed by atoms with Crippen LogP contribution >= 0.6 is 0 Å². The van der Waals surface area contributed by atoms with Gasteiger partial charge in [0.2, 0.25) is 0 Å². The quantitative estimate of drug-likeness (QED) is 0.503. The van der Waals surface area contributed by atoms with E-state index in [1.54, 1.807) is 19.2 Å². The Bertz CT molecular complexity index is 1030. The summed E-state index contributed by atoms with van der Waals surface area (Å²) in [4.78, 5) is 27.7. The van der Waals surface area contributed by atoms with Gasteiger partial charge in [0.25, 0.3) is 5.91 Å². The SMILES string of the molecule is COC(=O)[C@@H]1Cc2ccc(cc2)OC/C=C\CCCC/C(O)=C\C(=O)N1Cc1ccc(OC)cc1. The summed E-state index contributed by atoms with van der Waals surface area (Å²) in [6, 6.07) is 13.9. The highest BCUT2D eigenvalue weighted by Crippen LogP contribution is 2.21. The van der Waals surface area contributed by atoms with E-state index in [9.17, 15) is 14.7 Å². The van der Waals surface area contributed by atoms with E-state index < -0.39 is 17.9 Å². The summed E-state index contributed by atoms with van der Waals surface area (Å²) >= 11 is 0. The molecule has 0 spiro atoms.